The highest BCUT2D eigenvalue weighted by Crippen LogP contribution is 2.28. The Morgan fingerprint density at radius 1 is 1.12 bits per heavy atom. The molecule has 0 bridgehead atoms. The molecule has 0 aliphatic heterocycles. The van der Waals surface area contributed by atoms with Crippen molar-refractivity contribution in [3.8, 4) is 5.75 Å². The van der Waals surface area contributed by atoms with Gasteiger partial charge in [-0.1, -0.05) is 26.0 Å². The first-order valence-electron chi connectivity index (χ1n) is 7.70. The molecule has 0 spiro atoms. The molecule has 2 aromatic rings. The average molecular weight is 352 g/mol. The molecular weight excluding hydrogens is 333 g/mol. The highest BCUT2D eigenvalue weighted by Gasteiger charge is 2.32. The van der Waals surface area contributed by atoms with Gasteiger partial charge in [0.1, 0.15) is 11.4 Å². The van der Waals surface area contributed by atoms with E-state index in [2.05, 4.69) is 10.3 Å². The van der Waals surface area contributed by atoms with Crippen molar-refractivity contribution in [2.24, 2.45) is 5.92 Å². The van der Waals surface area contributed by atoms with Gasteiger partial charge >= 0.3 is 6.18 Å². The second-order valence-corrected chi connectivity index (χ2v) is 5.90. The van der Waals surface area contributed by atoms with E-state index in [-0.39, 0.29) is 17.5 Å². The molecule has 1 aromatic carbocycles. The standard InChI is InChI=1S/C18H19F3N2O2/c1-11(2)16(12-4-7-14(25-3)8-5-12)23-17(24)13-6-9-15(22-10-13)18(19,20)21/h4-11,16H,1-3H3,(H,23,24). The molecule has 0 radical (unpaired) electrons. The maximum Gasteiger partial charge on any atom is 0.433 e. The maximum atomic E-state index is 12.5. The van der Waals surface area contributed by atoms with Crippen molar-refractivity contribution in [1.82, 2.24) is 10.3 Å². The van der Waals surface area contributed by atoms with E-state index >= 15 is 0 Å². The van der Waals surface area contributed by atoms with Crippen LogP contribution in [0.25, 0.3) is 0 Å². The molecule has 0 saturated heterocycles. The van der Waals surface area contributed by atoms with Gasteiger partial charge in [-0.15, -0.1) is 0 Å². The maximum absolute atomic E-state index is 12.5. The zero-order valence-corrected chi connectivity index (χ0v) is 14.1. The minimum atomic E-state index is -4.53. The molecule has 2 rings (SSSR count). The number of hydrogen-bond donors (Lipinski definition) is 1. The monoisotopic (exact) mass is 352 g/mol. The van der Waals surface area contributed by atoms with Crippen LogP contribution in [0.4, 0.5) is 13.2 Å². The van der Waals surface area contributed by atoms with Crippen LogP contribution in [-0.4, -0.2) is 18.0 Å². The number of carbonyl (C=O) groups excluding carboxylic acids is 1. The number of alkyl halides is 3. The molecule has 1 heterocycles. The number of nitrogens with one attached hydrogen (secondary N) is 1. The first kappa shape index (κ1) is 18.8. The topological polar surface area (TPSA) is 51.2 Å². The number of rotatable bonds is 5. The lowest BCUT2D eigenvalue weighted by Crippen LogP contribution is -2.31. The Bertz CT molecular complexity index is 711. The zero-order valence-electron chi connectivity index (χ0n) is 14.1. The van der Waals surface area contributed by atoms with Gasteiger partial charge < -0.3 is 10.1 Å². The molecule has 1 unspecified atom stereocenters. The second kappa shape index (κ2) is 7.55. The summed E-state index contributed by atoms with van der Waals surface area (Å²) in [6, 6.07) is 8.89. The quantitative estimate of drug-likeness (QED) is 0.876. The van der Waals surface area contributed by atoms with Gasteiger partial charge in [0.2, 0.25) is 0 Å². The van der Waals surface area contributed by atoms with Gasteiger partial charge in [-0.25, -0.2) is 0 Å². The summed E-state index contributed by atoms with van der Waals surface area (Å²) in [6.45, 7) is 3.89. The van der Waals surface area contributed by atoms with Crippen LogP contribution in [0.5, 0.6) is 5.75 Å². The summed E-state index contributed by atoms with van der Waals surface area (Å²) in [7, 11) is 1.56. The Balaban J connectivity index is 2.17. The molecule has 0 fully saturated rings. The number of aromatic nitrogens is 1. The minimum absolute atomic E-state index is 0.0761. The number of benzene rings is 1. The SMILES string of the molecule is COc1ccc(C(NC(=O)c2ccc(C(F)(F)F)nc2)C(C)C)cc1. The van der Waals surface area contributed by atoms with Gasteiger partial charge in [-0.05, 0) is 35.7 Å². The summed E-state index contributed by atoms with van der Waals surface area (Å²) in [4.78, 5) is 15.7. The summed E-state index contributed by atoms with van der Waals surface area (Å²) in [5, 5.41) is 2.84. The molecular formula is C18H19F3N2O2. The number of hydrogen-bond acceptors (Lipinski definition) is 3. The van der Waals surface area contributed by atoms with Crippen molar-refractivity contribution in [3.63, 3.8) is 0 Å². The fourth-order valence-electron chi connectivity index (χ4n) is 2.37. The van der Waals surface area contributed by atoms with E-state index in [0.29, 0.717) is 5.75 Å². The van der Waals surface area contributed by atoms with E-state index < -0.39 is 17.8 Å². The molecule has 1 aromatic heterocycles. The van der Waals surface area contributed by atoms with Gasteiger partial charge in [0.15, 0.2) is 0 Å². The Hall–Kier alpha value is -2.57. The molecule has 0 aliphatic carbocycles. The van der Waals surface area contributed by atoms with E-state index in [1.807, 2.05) is 26.0 Å². The number of carbonyl (C=O) groups is 1. The second-order valence-electron chi connectivity index (χ2n) is 5.90. The smallest absolute Gasteiger partial charge is 0.433 e. The van der Waals surface area contributed by atoms with Crippen LogP contribution in [-0.2, 0) is 6.18 Å². The van der Waals surface area contributed by atoms with E-state index in [4.69, 9.17) is 4.74 Å². The Morgan fingerprint density at radius 3 is 2.20 bits per heavy atom. The van der Waals surface area contributed by atoms with E-state index in [1.54, 1.807) is 19.2 Å². The van der Waals surface area contributed by atoms with Crippen LogP contribution in [0, 0.1) is 5.92 Å². The number of pyridine rings is 1. The number of ether oxygens (including phenoxy) is 1. The zero-order chi connectivity index (χ0) is 18.6. The van der Waals surface area contributed by atoms with E-state index in [9.17, 15) is 18.0 Å². The van der Waals surface area contributed by atoms with Gasteiger partial charge in [0, 0.05) is 6.20 Å². The van der Waals surface area contributed by atoms with Crippen LogP contribution in [0.2, 0.25) is 0 Å². The van der Waals surface area contributed by atoms with Crippen molar-refractivity contribution in [1.29, 1.82) is 0 Å². The Labute approximate surface area is 144 Å². The van der Waals surface area contributed by atoms with Gasteiger partial charge in [0.25, 0.3) is 5.91 Å². The third-order valence-electron chi connectivity index (χ3n) is 3.74. The number of nitrogens with zero attached hydrogens (tertiary/aromatic N) is 1. The first-order chi connectivity index (χ1) is 11.7. The van der Waals surface area contributed by atoms with Crippen LogP contribution in [0.1, 0.15) is 41.5 Å². The molecule has 1 amide bonds. The summed E-state index contributed by atoms with van der Waals surface area (Å²) >= 11 is 0. The Morgan fingerprint density at radius 2 is 1.76 bits per heavy atom. The molecule has 0 aliphatic rings. The van der Waals surface area contributed by atoms with Gasteiger partial charge in [0.05, 0.1) is 18.7 Å². The predicted molar refractivity (Wildman–Crippen MR) is 87.3 cm³/mol. The molecule has 0 saturated carbocycles. The van der Waals surface area contributed by atoms with Crippen LogP contribution in [0.3, 0.4) is 0 Å². The predicted octanol–water partition coefficient (Wildman–Crippen LogP) is 4.24. The van der Waals surface area contributed by atoms with E-state index in [0.717, 1.165) is 23.9 Å². The summed E-state index contributed by atoms with van der Waals surface area (Å²) in [5.41, 5.74) is -0.0733. The number of halogens is 3. The minimum Gasteiger partial charge on any atom is -0.497 e. The third-order valence-corrected chi connectivity index (χ3v) is 3.74. The van der Waals surface area contributed by atoms with Crippen LogP contribution in [0.15, 0.2) is 42.6 Å². The van der Waals surface area contributed by atoms with Crippen molar-refractivity contribution in [2.75, 3.05) is 7.11 Å². The highest BCUT2D eigenvalue weighted by atomic mass is 19.4. The van der Waals surface area contributed by atoms with Crippen molar-refractivity contribution in [3.05, 3.63) is 59.4 Å². The fraction of sp³-hybridized carbons (Fsp3) is 0.333. The fourth-order valence-corrected chi connectivity index (χ4v) is 2.37. The molecule has 1 atom stereocenters. The number of amides is 1. The molecule has 25 heavy (non-hydrogen) atoms. The average Bonchev–Trinajstić information content (AvgIpc) is 2.58. The van der Waals surface area contributed by atoms with Crippen LogP contribution < -0.4 is 10.1 Å². The van der Waals surface area contributed by atoms with E-state index in [1.165, 1.54) is 0 Å². The number of methoxy groups -OCH3 is 1. The third kappa shape index (κ3) is 4.71. The normalized spacial score (nSPS) is 12.8. The van der Waals surface area contributed by atoms with Gasteiger partial charge in [-0.3, -0.25) is 9.78 Å². The lowest BCUT2D eigenvalue weighted by atomic mass is 9.95. The van der Waals surface area contributed by atoms with Gasteiger partial charge in [-0.2, -0.15) is 13.2 Å². The summed E-state index contributed by atoms with van der Waals surface area (Å²) in [5.74, 6) is 0.306. The summed E-state index contributed by atoms with van der Waals surface area (Å²) < 4.78 is 42.8. The van der Waals surface area contributed by atoms with Crippen molar-refractivity contribution in [2.45, 2.75) is 26.1 Å². The lowest BCUT2D eigenvalue weighted by Gasteiger charge is -2.23. The van der Waals surface area contributed by atoms with Crippen LogP contribution >= 0.6 is 0 Å². The van der Waals surface area contributed by atoms with Crippen molar-refractivity contribution >= 4 is 5.91 Å². The van der Waals surface area contributed by atoms with Crippen molar-refractivity contribution < 1.29 is 22.7 Å². The molecule has 1 N–H and O–H groups in total. The first-order valence-corrected chi connectivity index (χ1v) is 7.70. The lowest BCUT2D eigenvalue weighted by molar-refractivity contribution is -0.141. The Kier molecular flexibility index (Phi) is 5.66. The highest BCUT2D eigenvalue weighted by molar-refractivity contribution is 5.94. The molecule has 134 valence electrons. The molecule has 4 nitrogen and oxygen atoms in total. The summed E-state index contributed by atoms with van der Waals surface area (Å²) in [6.07, 6.45) is -3.60. The largest absolute Gasteiger partial charge is 0.497 e. The molecule has 7 heteroatoms.